The maximum Gasteiger partial charge on any atom is 0.508 e. The van der Waals surface area contributed by atoms with E-state index >= 15 is 0 Å². The van der Waals surface area contributed by atoms with Crippen molar-refractivity contribution in [1.82, 2.24) is 19.9 Å². The molecule has 3 aliphatic rings. The summed E-state index contributed by atoms with van der Waals surface area (Å²) in [7, 11) is 3.32. The van der Waals surface area contributed by atoms with Crippen LogP contribution in [0.3, 0.4) is 0 Å². The number of phenolic OH excluding ortho intramolecular Hbond substituents is 2. The van der Waals surface area contributed by atoms with E-state index in [-0.39, 0.29) is 36.9 Å². The first-order valence-corrected chi connectivity index (χ1v) is 27.0. The molecule has 3 aliphatic heterocycles. The maximum atomic E-state index is 13.5. The van der Waals surface area contributed by atoms with Gasteiger partial charge in [-0.25, -0.2) is 24.5 Å². The fourth-order valence-electron chi connectivity index (χ4n) is 8.77. The van der Waals surface area contributed by atoms with Gasteiger partial charge in [-0.3, -0.25) is 9.69 Å². The number of nitrogens with zero attached hydrogens (tertiary/aromatic N) is 5. The van der Waals surface area contributed by atoms with E-state index in [0.29, 0.717) is 79.1 Å². The summed E-state index contributed by atoms with van der Waals surface area (Å²) in [6.07, 6.45) is 3.24. The van der Waals surface area contributed by atoms with Crippen molar-refractivity contribution in [3.63, 3.8) is 0 Å². The average Bonchev–Trinajstić information content (AvgIpc) is 3.92. The van der Waals surface area contributed by atoms with Gasteiger partial charge in [0.15, 0.2) is 16.5 Å². The van der Waals surface area contributed by atoms with Gasteiger partial charge >= 0.3 is 12.1 Å². The number of thiazole rings is 1. The summed E-state index contributed by atoms with van der Waals surface area (Å²) < 4.78 is 22.9. The number of fused-ring (bicyclic) bond motifs is 6. The summed E-state index contributed by atoms with van der Waals surface area (Å²) in [6.45, 7) is 7.84. The first-order chi connectivity index (χ1) is 34.3. The van der Waals surface area contributed by atoms with Gasteiger partial charge in [-0.2, -0.15) is 0 Å². The van der Waals surface area contributed by atoms with Crippen LogP contribution in [0.15, 0.2) is 85.1 Å². The van der Waals surface area contributed by atoms with Crippen LogP contribution in [0.4, 0.5) is 21.6 Å². The number of hydrogen-bond donors (Lipinski definition) is 3. The number of aromatic nitrogens is 3. The van der Waals surface area contributed by atoms with Crippen LogP contribution in [-0.4, -0.2) is 110 Å². The third-order valence-electron chi connectivity index (χ3n) is 12.2. The summed E-state index contributed by atoms with van der Waals surface area (Å²) >= 11 is 13.4. The van der Waals surface area contributed by atoms with Gasteiger partial charge in [0.1, 0.15) is 53.7 Å². The SMILES string of the molecule is Cc1nc(Nc2ncc(C(=O)Cc3c(C)cccc3Cl)s2)cc(N2CCN(CCOC(=O)OCCSSCCCC(=S)Cc3ccc4c(c3)C(=O)OC43c4ccc(O)cc4Oc4cc(O)ccc43)CC2)n1. The van der Waals surface area contributed by atoms with Gasteiger partial charge in [0.2, 0.25) is 0 Å². The molecule has 15 nitrogen and oxygen atoms in total. The van der Waals surface area contributed by atoms with Crippen molar-refractivity contribution in [1.29, 1.82) is 0 Å². The number of hydrogen-bond acceptors (Lipinski definition) is 19. The number of phenols is 2. The number of rotatable bonds is 19. The molecular formula is C51H49ClN6O9S4. The van der Waals surface area contributed by atoms with E-state index < -0.39 is 17.7 Å². The highest BCUT2D eigenvalue weighted by atomic mass is 35.5. The first kappa shape index (κ1) is 50.0. The molecule has 0 bridgehead atoms. The van der Waals surface area contributed by atoms with Gasteiger partial charge in [0.05, 0.1) is 16.6 Å². The number of thiocarbonyl (C=S) groups is 1. The predicted molar refractivity (Wildman–Crippen MR) is 281 cm³/mol. The number of ether oxygens (including phenoxy) is 4. The topological polar surface area (TPSA) is 186 Å². The molecule has 1 fully saturated rings. The second-order valence-electron chi connectivity index (χ2n) is 17.1. The number of carbonyl (C=O) groups excluding carboxylic acids is 3. The fourth-order valence-corrected chi connectivity index (χ4v) is 12.0. The second kappa shape index (κ2) is 22.2. The van der Waals surface area contributed by atoms with Crippen LogP contribution in [0.1, 0.15) is 72.1 Å². The van der Waals surface area contributed by atoms with Crippen LogP contribution in [0.2, 0.25) is 5.02 Å². The van der Waals surface area contributed by atoms with Crippen LogP contribution in [0, 0.1) is 13.8 Å². The predicted octanol–water partition coefficient (Wildman–Crippen LogP) is 10.4. The molecule has 2 aromatic heterocycles. The lowest BCUT2D eigenvalue weighted by molar-refractivity contribution is 0.0223. The van der Waals surface area contributed by atoms with E-state index in [1.54, 1.807) is 46.0 Å². The van der Waals surface area contributed by atoms with Gasteiger partial charge in [-0.05, 0) is 84.6 Å². The van der Waals surface area contributed by atoms with Crippen LogP contribution in [0.25, 0.3) is 0 Å². The van der Waals surface area contributed by atoms with Crippen molar-refractivity contribution in [3.8, 4) is 23.0 Å². The molecule has 1 spiro atoms. The Bertz CT molecular complexity index is 2930. The highest BCUT2D eigenvalue weighted by Crippen LogP contribution is 2.57. The third-order valence-corrected chi connectivity index (χ3v) is 16.4. The van der Waals surface area contributed by atoms with Crippen molar-refractivity contribution in [3.05, 3.63) is 140 Å². The minimum absolute atomic E-state index is 0.00166. The Labute approximate surface area is 432 Å². The van der Waals surface area contributed by atoms with E-state index in [4.69, 9.17) is 42.8 Å². The highest BCUT2D eigenvalue weighted by Gasteiger charge is 2.53. The monoisotopic (exact) mass is 1050 g/mol. The van der Waals surface area contributed by atoms with Crippen molar-refractivity contribution in [2.75, 3.05) is 67.7 Å². The van der Waals surface area contributed by atoms with Gasteiger partial charge in [0.25, 0.3) is 0 Å². The van der Waals surface area contributed by atoms with Crippen molar-refractivity contribution >= 4 is 96.3 Å². The maximum absolute atomic E-state index is 13.5. The normalized spacial score (nSPS) is 14.5. The van der Waals surface area contributed by atoms with Crippen molar-refractivity contribution < 1.29 is 43.5 Å². The number of aryl methyl sites for hydroxylation is 2. The number of anilines is 3. The zero-order chi connectivity index (χ0) is 49.6. The summed E-state index contributed by atoms with van der Waals surface area (Å²) in [6, 6.07) is 22.5. The molecule has 0 radical (unpaired) electrons. The van der Waals surface area contributed by atoms with Gasteiger partial charge < -0.3 is 39.4 Å². The standard InChI is InChI=1S/C51H49ClN6O9S4/c1-30-5-3-7-41(52)36(30)27-42(61)45-29-53-49(71-45)56-46-28-47(55-31(2)54-46)58-16-14-57(15-17-58)18-19-64-50(63)65-20-22-70-69-21-4-6-35(68)23-32-8-11-38-37(24-32)48(62)67-51(38)39-12-9-33(59)25-43(39)66-44-26-34(60)10-13-40(44)51/h3,5,7-13,24-26,28-29,59-60H,4,6,14-23,27H2,1-2H3,(H,53,54,55,56). The molecule has 71 heavy (non-hydrogen) atoms. The molecule has 0 saturated carbocycles. The number of nitrogens with one attached hydrogen (secondary N) is 1. The van der Waals surface area contributed by atoms with Gasteiger partial charge in [-0.15, -0.1) is 0 Å². The summed E-state index contributed by atoms with van der Waals surface area (Å²) in [5.74, 6) is 3.61. The zero-order valence-corrected chi connectivity index (χ0v) is 42.8. The van der Waals surface area contributed by atoms with E-state index in [9.17, 15) is 24.6 Å². The lowest BCUT2D eigenvalue weighted by Crippen LogP contribution is -2.47. The molecule has 6 aromatic rings. The van der Waals surface area contributed by atoms with Crippen molar-refractivity contribution in [2.24, 2.45) is 0 Å². The number of aromatic hydroxyl groups is 2. The molecular weight excluding hydrogens is 1000 g/mol. The summed E-state index contributed by atoms with van der Waals surface area (Å²) in [5.41, 5.74) is 3.62. The summed E-state index contributed by atoms with van der Waals surface area (Å²) in [5, 5.41) is 24.8. The lowest BCUT2D eigenvalue weighted by Gasteiger charge is -2.36. The Morgan fingerprint density at radius 1 is 0.887 bits per heavy atom. The molecule has 3 N–H and O–H groups in total. The Morgan fingerprint density at radius 2 is 1.61 bits per heavy atom. The molecule has 0 atom stereocenters. The number of halogens is 1. The largest absolute Gasteiger partial charge is 0.508 e. The number of benzene rings is 4. The van der Waals surface area contributed by atoms with E-state index in [1.165, 1.54) is 35.6 Å². The summed E-state index contributed by atoms with van der Waals surface area (Å²) in [4.78, 5) is 58.3. The van der Waals surface area contributed by atoms with Crippen LogP contribution in [-0.2, 0) is 32.7 Å². The van der Waals surface area contributed by atoms with E-state index in [1.807, 2.05) is 50.2 Å². The number of piperazine rings is 1. The van der Waals surface area contributed by atoms with E-state index in [2.05, 4.69) is 30.1 Å². The fraction of sp³-hybridized carbons (Fsp3) is 0.314. The molecule has 0 aliphatic carbocycles. The Kier molecular flexibility index (Phi) is 15.6. The van der Waals surface area contributed by atoms with Crippen LogP contribution < -0.4 is 15.0 Å². The number of esters is 1. The van der Waals surface area contributed by atoms with Crippen LogP contribution in [0.5, 0.6) is 23.0 Å². The minimum atomic E-state index is -1.30. The first-order valence-electron chi connectivity index (χ1n) is 22.9. The van der Waals surface area contributed by atoms with Gasteiger partial charge in [-0.1, -0.05) is 81.0 Å². The Balaban J connectivity index is 0.640. The molecule has 20 heteroatoms. The average molecular weight is 1050 g/mol. The molecule has 0 unspecified atom stereocenters. The zero-order valence-electron chi connectivity index (χ0n) is 38.8. The highest BCUT2D eigenvalue weighted by molar-refractivity contribution is 8.76. The molecule has 4 aromatic carbocycles. The lowest BCUT2D eigenvalue weighted by atomic mass is 9.77. The molecule has 368 valence electrons. The molecule has 5 heterocycles. The molecule has 0 amide bonds. The quantitative estimate of drug-likeness (QED) is 0.0228. The van der Waals surface area contributed by atoms with E-state index in [0.717, 1.165) is 72.1 Å². The minimum Gasteiger partial charge on any atom is -0.508 e. The Morgan fingerprint density at radius 3 is 2.35 bits per heavy atom. The van der Waals surface area contributed by atoms with Crippen molar-refractivity contribution in [2.45, 2.75) is 45.1 Å². The number of ketones is 1. The molecule has 1 saturated heterocycles. The number of Topliss-reactive ketones (excluding diaryl/α,β-unsaturated/α-hetero) is 1. The molecule has 9 rings (SSSR count). The number of carbonyl (C=O) groups is 3. The van der Waals surface area contributed by atoms with Crippen LogP contribution >= 0.6 is 56.7 Å². The Hall–Kier alpha value is -5.96. The third kappa shape index (κ3) is 11.6. The second-order valence-corrected chi connectivity index (χ2v) is 21.8. The smallest absolute Gasteiger partial charge is 0.508 e. The van der Waals surface area contributed by atoms with Gasteiger partial charge in [0, 0.05) is 97.0 Å².